The summed E-state index contributed by atoms with van der Waals surface area (Å²) in [5, 5.41) is 0. The van der Waals surface area contributed by atoms with Crippen molar-refractivity contribution in [2.24, 2.45) is 11.7 Å². The van der Waals surface area contributed by atoms with Crippen molar-refractivity contribution < 1.29 is 4.74 Å². The van der Waals surface area contributed by atoms with E-state index in [4.69, 9.17) is 10.5 Å². The van der Waals surface area contributed by atoms with Crippen molar-refractivity contribution in [3.05, 3.63) is 0 Å². The zero-order valence-corrected chi connectivity index (χ0v) is 10.8. The maximum absolute atomic E-state index is 5.85. The highest BCUT2D eigenvalue weighted by molar-refractivity contribution is 4.76. The van der Waals surface area contributed by atoms with E-state index in [2.05, 4.69) is 25.7 Å². The van der Waals surface area contributed by atoms with Gasteiger partial charge in [0.05, 0.1) is 6.61 Å². The molecular weight excluding hydrogens is 188 g/mol. The Labute approximate surface area is 95.0 Å². The number of likely N-dealkylation sites (N-methyl/N-ethyl adjacent to an activating group) is 1. The summed E-state index contributed by atoms with van der Waals surface area (Å²) in [5.74, 6) is 0.663. The molecule has 0 heterocycles. The molecule has 0 radical (unpaired) electrons. The van der Waals surface area contributed by atoms with Gasteiger partial charge in [0.1, 0.15) is 0 Å². The molecule has 92 valence electrons. The van der Waals surface area contributed by atoms with Gasteiger partial charge in [-0.1, -0.05) is 27.2 Å². The molecule has 0 aliphatic carbocycles. The molecule has 0 rings (SSSR count). The predicted octanol–water partition coefficient (Wildman–Crippen LogP) is 1.72. The quantitative estimate of drug-likeness (QED) is 0.596. The summed E-state index contributed by atoms with van der Waals surface area (Å²) in [6.45, 7) is 13.1. The van der Waals surface area contributed by atoms with E-state index < -0.39 is 0 Å². The molecule has 0 aromatic carbocycles. The third-order valence-corrected chi connectivity index (χ3v) is 3.14. The Balaban J connectivity index is 4.08. The van der Waals surface area contributed by atoms with Gasteiger partial charge in [-0.3, -0.25) is 4.90 Å². The monoisotopic (exact) mass is 216 g/mol. The zero-order chi connectivity index (χ0) is 11.7. The van der Waals surface area contributed by atoms with Crippen LogP contribution in [0.2, 0.25) is 0 Å². The maximum Gasteiger partial charge on any atom is 0.0593 e. The second kappa shape index (κ2) is 9.13. The van der Waals surface area contributed by atoms with Crippen LogP contribution in [0.1, 0.15) is 34.1 Å². The van der Waals surface area contributed by atoms with Gasteiger partial charge in [-0.25, -0.2) is 0 Å². The third kappa shape index (κ3) is 5.50. The Kier molecular flexibility index (Phi) is 9.06. The molecular formula is C12H28N2O. The predicted molar refractivity (Wildman–Crippen MR) is 66.0 cm³/mol. The lowest BCUT2D eigenvalue weighted by atomic mass is 9.97. The van der Waals surface area contributed by atoms with E-state index in [1.165, 1.54) is 6.42 Å². The summed E-state index contributed by atoms with van der Waals surface area (Å²) < 4.78 is 5.39. The molecule has 0 aromatic rings. The Hall–Kier alpha value is -0.120. The minimum absolute atomic E-state index is 0.500. The van der Waals surface area contributed by atoms with Gasteiger partial charge in [-0.05, 0) is 19.4 Å². The fourth-order valence-corrected chi connectivity index (χ4v) is 1.90. The van der Waals surface area contributed by atoms with Crippen molar-refractivity contribution in [1.29, 1.82) is 0 Å². The minimum atomic E-state index is 0.500. The highest BCUT2D eigenvalue weighted by Crippen LogP contribution is 2.13. The Morgan fingerprint density at radius 2 is 1.93 bits per heavy atom. The highest BCUT2D eigenvalue weighted by Gasteiger charge is 2.20. The van der Waals surface area contributed by atoms with Gasteiger partial charge in [0.25, 0.3) is 0 Å². The number of rotatable bonds is 9. The third-order valence-electron chi connectivity index (χ3n) is 3.14. The molecule has 0 aliphatic rings. The van der Waals surface area contributed by atoms with E-state index in [9.17, 15) is 0 Å². The molecule has 0 spiro atoms. The fraction of sp³-hybridized carbons (Fsp3) is 1.00. The summed E-state index contributed by atoms with van der Waals surface area (Å²) in [4.78, 5) is 2.43. The second-order valence-electron chi connectivity index (χ2n) is 4.01. The van der Waals surface area contributed by atoms with Crippen LogP contribution in [0.4, 0.5) is 0 Å². The Morgan fingerprint density at radius 1 is 1.27 bits per heavy atom. The van der Waals surface area contributed by atoms with Gasteiger partial charge in [-0.15, -0.1) is 0 Å². The molecule has 0 fully saturated rings. The lowest BCUT2D eigenvalue weighted by Crippen LogP contribution is -2.46. The van der Waals surface area contributed by atoms with Crippen LogP contribution in [0.3, 0.4) is 0 Å². The van der Waals surface area contributed by atoms with Crippen molar-refractivity contribution >= 4 is 0 Å². The van der Waals surface area contributed by atoms with E-state index in [-0.39, 0.29) is 0 Å². The van der Waals surface area contributed by atoms with Crippen LogP contribution in [0.5, 0.6) is 0 Å². The second-order valence-corrected chi connectivity index (χ2v) is 4.01. The standard InChI is InChI=1S/C12H28N2O/c1-5-11(4)12(10-13)14(6-2)8-9-15-7-3/h11-12H,5-10,13H2,1-4H3. The van der Waals surface area contributed by atoms with E-state index in [0.29, 0.717) is 12.0 Å². The van der Waals surface area contributed by atoms with Gasteiger partial charge >= 0.3 is 0 Å². The molecule has 3 nitrogen and oxygen atoms in total. The molecule has 2 atom stereocenters. The first-order valence-electron chi connectivity index (χ1n) is 6.22. The number of nitrogens with two attached hydrogens (primary N) is 1. The molecule has 3 heteroatoms. The first-order valence-corrected chi connectivity index (χ1v) is 6.22. The molecule has 0 aliphatic heterocycles. The van der Waals surface area contributed by atoms with E-state index in [1.807, 2.05) is 6.92 Å². The first-order chi connectivity index (χ1) is 7.21. The number of ether oxygens (including phenoxy) is 1. The molecule has 0 amide bonds. The maximum atomic E-state index is 5.85. The fourth-order valence-electron chi connectivity index (χ4n) is 1.90. The van der Waals surface area contributed by atoms with Crippen LogP contribution in [-0.2, 0) is 4.74 Å². The molecule has 15 heavy (non-hydrogen) atoms. The smallest absolute Gasteiger partial charge is 0.0593 e. The van der Waals surface area contributed by atoms with Crippen LogP contribution in [0.25, 0.3) is 0 Å². The Morgan fingerprint density at radius 3 is 2.33 bits per heavy atom. The van der Waals surface area contributed by atoms with Gasteiger partial charge in [0, 0.05) is 25.7 Å². The SMILES string of the molecule is CCOCCN(CC)C(CN)C(C)CC. The van der Waals surface area contributed by atoms with Gasteiger partial charge in [0.15, 0.2) is 0 Å². The zero-order valence-electron chi connectivity index (χ0n) is 10.8. The summed E-state index contributed by atoms with van der Waals surface area (Å²) in [5.41, 5.74) is 5.85. The van der Waals surface area contributed by atoms with E-state index in [0.717, 1.165) is 32.8 Å². The van der Waals surface area contributed by atoms with Gasteiger partial charge < -0.3 is 10.5 Å². The van der Waals surface area contributed by atoms with Crippen molar-refractivity contribution in [2.45, 2.75) is 40.2 Å². The van der Waals surface area contributed by atoms with E-state index >= 15 is 0 Å². The minimum Gasteiger partial charge on any atom is -0.380 e. The van der Waals surface area contributed by atoms with Crippen LogP contribution < -0.4 is 5.73 Å². The van der Waals surface area contributed by atoms with E-state index in [1.54, 1.807) is 0 Å². The van der Waals surface area contributed by atoms with Crippen molar-refractivity contribution in [1.82, 2.24) is 4.90 Å². The molecule has 0 bridgehead atoms. The number of hydrogen-bond donors (Lipinski definition) is 1. The molecule has 2 N–H and O–H groups in total. The van der Waals surface area contributed by atoms with Crippen molar-refractivity contribution in [3.63, 3.8) is 0 Å². The van der Waals surface area contributed by atoms with Crippen LogP contribution in [0, 0.1) is 5.92 Å². The lowest BCUT2D eigenvalue weighted by molar-refractivity contribution is 0.0830. The number of nitrogens with zero attached hydrogens (tertiary/aromatic N) is 1. The normalized spacial score (nSPS) is 15.6. The molecule has 2 unspecified atom stereocenters. The van der Waals surface area contributed by atoms with Crippen molar-refractivity contribution in [2.75, 3.05) is 32.8 Å². The average Bonchev–Trinajstić information content (AvgIpc) is 2.27. The molecule has 0 saturated heterocycles. The summed E-state index contributed by atoms with van der Waals surface area (Å²) in [6.07, 6.45) is 1.19. The largest absolute Gasteiger partial charge is 0.380 e. The van der Waals surface area contributed by atoms with Crippen molar-refractivity contribution in [3.8, 4) is 0 Å². The van der Waals surface area contributed by atoms with Gasteiger partial charge in [0.2, 0.25) is 0 Å². The van der Waals surface area contributed by atoms with Crippen LogP contribution in [-0.4, -0.2) is 43.8 Å². The van der Waals surface area contributed by atoms with Crippen LogP contribution in [0.15, 0.2) is 0 Å². The Bertz CT molecular complexity index is 142. The summed E-state index contributed by atoms with van der Waals surface area (Å²) in [7, 11) is 0. The lowest BCUT2D eigenvalue weighted by Gasteiger charge is -2.33. The van der Waals surface area contributed by atoms with Crippen LogP contribution >= 0.6 is 0 Å². The molecule has 0 saturated carbocycles. The topological polar surface area (TPSA) is 38.5 Å². The summed E-state index contributed by atoms with van der Waals surface area (Å²) in [6, 6.07) is 0.500. The highest BCUT2D eigenvalue weighted by atomic mass is 16.5. The number of hydrogen-bond acceptors (Lipinski definition) is 3. The summed E-state index contributed by atoms with van der Waals surface area (Å²) >= 11 is 0. The van der Waals surface area contributed by atoms with Gasteiger partial charge in [-0.2, -0.15) is 0 Å². The molecule has 0 aromatic heterocycles. The first kappa shape index (κ1) is 14.9. The average molecular weight is 216 g/mol.